The summed E-state index contributed by atoms with van der Waals surface area (Å²) < 4.78 is 43.6. The molecule has 6 nitrogen and oxygen atoms in total. The van der Waals surface area contributed by atoms with E-state index < -0.39 is 28.7 Å². The maximum atomic E-state index is 10.7. The minimum Gasteiger partial charge on any atom is -0.467 e. The van der Waals surface area contributed by atoms with Gasteiger partial charge in [0.1, 0.15) is 0 Å². The third-order valence-electron chi connectivity index (χ3n) is 0.905. The fraction of sp³-hybridized carbons (Fsp3) is 0.667. The Morgan fingerprint density at radius 3 is 1.54 bits per heavy atom. The summed E-state index contributed by atoms with van der Waals surface area (Å²) in [4.78, 5) is 10.7. The summed E-state index contributed by atoms with van der Waals surface area (Å²) in [6.45, 7) is 0. The predicted octanol–water partition coefficient (Wildman–Crippen LogP) is -0.377. The topological polar surface area (TPSA) is 94.6 Å². The highest BCUT2D eigenvalue weighted by molar-refractivity contribution is 8.29. The summed E-state index contributed by atoms with van der Waals surface area (Å²) in [6, 6.07) is 0. The first-order chi connectivity index (χ1) is 5.60. The molecule has 0 amide bonds. The van der Waals surface area contributed by atoms with Gasteiger partial charge < -0.3 is 4.74 Å². The van der Waals surface area contributed by atoms with Crippen LogP contribution >= 0.6 is 21.4 Å². The molecule has 0 saturated carbocycles. The van der Waals surface area contributed by atoms with Crippen molar-refractivity contribution in [3.63, 3.8) is 0 Å². The Morgan fingerprint density at radius 2 is 1.46 bits per heavy atom. The molecule has 0 fully saturated rings. The average Bonchev–Trinajstić information content (AvgIpc) is 1.80. The lowest BCUT2D eigenvalue weighted by molar-refractivity contribution is -0.138. The van der Waals surface area contributed by atoms with Crippen LogP contribution in [0.15, 0.2) is 0 Å². The van der Waals surface area contributed by atoms with Gasteiger partial charge in [-0.05, 0) is 0 Å². The number of carbonyl (C=O) groups is 1. The van der Waals surface area contributed by atoms with E-state index in [0.717, 1.165) is 7.11 Å². The van der Waals surface area contributed by atoms with Crippen molar-refractivity contribution in [1.29, 1.82) is 0 Å². The van der Waals surface area contributed by atoms with E-state index in [4.69, 9.17) is 0 Å². The van der Waals surface area contributed by atoms with Crippen LogP contribution in [0.2, 0.25) is 0 Å². The second-order valence-electron chi connectivity index (χ2n) is 1.81. The fourth-order valence-electron chi connectivity index (χ4n) is 0.463. The standard InChI is InChI=1S/C3H4Cl2O6S2/c1-11-2(6)3(12(4,7)8)13(5,9)10/h3H,1H3. The third-order valence-corrected chi connectivity index (χ3v) is 5.54. The zero-order chi connectivity index (χ0) is 10.9. The predicted molar refractivity (Wildman–Crippen MR) is 45.3 cm³/mol. The molecule has 78 valence electrons. The molecule has 0 N–H and O–H groups in total. The number of halogens is 2. The SMILES string of the molecule is COC(=O)C(S(=O)(=O)Cl)S(=O)(=O)Cl. The number of hydrogen-bond acceptors (Lipinski definition) is 6. The second-order valence-corrected chi connectivity index (χ2v) is 7.53. The van der Waals surface area contributed by atoms with Crippen molar-refractivity contribution in [2.24, 2.45) is 0 Å². The average molecular weight is 271 g/mol. The van der Waals surface area contributed by atoms with Gasteiger partial charge in [0, 0.05) is 21.4 Å². The van der Waals surface area contributed by atoms with Gasteiger partial charge in [-0.25, -0.2) is 21.6 Å². The van der Waals surface area contributed by atoms with Crippen LogP contribution in [-0.2, 0) is 27.6 Å². The Hall–Kier alpha value is -0.0500. The van der Waals surface area contributed by atoms with E-state index in [1.165, 1.54) is 0 Å². The Bertz CT molecular complexity index is 362. The van der Waals surface area contributed by atoms with Gasteiger partial charge in [0.05, 0.1) is 7.11 Å². The Labute approximate surface area is 83.6 Å². The smallest absolute Gasteiger partial charge is 0.342 e. The van der Waals surface area contributed by atoms with E-state index in [1.54, 1.807) is 0 Å². The van der Waals surface area contributed by atoms with Gasteiger partial charge in [-0.3, -0.25) is 0 Å². The normalized spacial score (nSPS) is 12.9. The summed E-state index contributed by atoms with van der Waals surface area (Å²) >= 11 is 0. The minimum absolute atomic E-state index is 0.805. The maximum Gasteiger partial charge on any atom is 0.342 e. The van der Waals surface area contributed by atoms with Gasteiger partial charge in [-0.15, -0.1) is 0 Å². The lowest BCUT2D eigenvalue weighted by atomic mass is 10.8. The molecule has 0 aromatic rings. The first-order valence-corrected chi connectivity index (χ1v) is 7.30. The quantitative estimate of drug-likeness (QED) is 0.513. The van der Waals surface area contributed by atoms with Crippen LogP contribution in [0.25, 0.3) is 0 Å². The van der Waals surface area contributed by atoms with Crippen molar-refractivity contribution in [2.45, 2.75) is 4.58 Å². The Kier molecular flexibility index (Phi) is 3.97. The molecular formula is C3H4Cl2O6S2. The van der Waals surface area contributed by atoms with Crippen LogP contribution in [-0.4, -0.2) is 34.5 Å². The van der Waals surface area contributed by atoms with Gasteiger partial charge >= 0.3 is 5.97 Å². The largest absolute Gasteiger partial charge is 0.467 e. The molecule has 10 heteroatoms. The van der Waals surface area contributed by atoms with Crippen molar-refractivity contribution in [1.82, 2.24) is 0 Å². The lowest BCUT2D eigenvalue weighted by Crippen LogP contribution is -2.33. The zero-order valence-corrected chi connectivity index (χ0v) is 9.24. The Balaban J connectivity index is 5.40. The molecule has 0 rings (SSSR count). The van der Waals surface area contributed by atoms with Gasteiger partial charge in [0.2, 0.25) is 0 Å². The number of rotatable bonds is 3. The molecule has 0 unspecified atom stereocenters. The van der Waals surface area contributed by atoms with Crippen molar-refractivity contribution >= 4 is 45.4 Å². The van der Waals surface area contributed by atoms with Crippen LogP contribution in [0.1, 0.15) is 0 Å². The van der Waals surface area contributed by atoms with Crippen molar-refractivity contribution in [3.8, 4) is 0 Å². The molecule has 0 aliphatic heterocycles. The van der Waals surface area contributed by atoms with Crippen LogP contribution in [0.3, 0.4) is 0 Å². The number of methoxy groups -OCH3 is 1. The monoisotopic (exact) mass is 270 g/mol. The summed E-state index contributed by atoms with van der Waals surface area (Å²) in [6.07, 6.45) is 0. The molecule has 0 aromatic carbocycles. The lowest BCUT2D eigenvalue weighted by Gasteiger charge is -2.06. The molecule has 0 aromatic heterocycles. The molecule has 0 spiro atoms. The summed E-state index contributed by atoms with van der Waals surface area (Å²) in [5.41, 5.74) is 0. The fourth-order valence-corrected chi connectivity index (χ4v) is 4.71. The number of ether oxygens (including phenoxy) is 1. The summed E-state index contributed by atoms with van der Waals surface area (Å²) in [5, 5.41) is 0. The van der Waals surface area contributed by atoms with Gasteiger partial charge in [-0.1, -0.05) is 0 Å². The molecule has 13 heavy (non-hydrogen) atoms. The van der Waals surface area contributed by atoms with E-state index in [-0.39, 0.29) is 0 Å². The van der Waals surface area contributed by atoms with Crippen molar-refractivity contribution in [2.75, 3.05) is 7.11 Å². The maximum absolute atomic E-state index is 10.7. The van der Waals surface area contributed by atoms with E-state index in [0.29, 0.717) is 0 Å². The van der Waals surface area contributed by atoms with Gasteiger partial charge in [0.25, 0.3) is 22.7 Å². The van der Waals surface area contributed by atoms with Crippen molar-refractivity contribution < 1.29 is 26.4 Å². The van der Waals surface area contributed by atoms with Gasteiger partial charge in [0.15, 0.2) is 0 Å². The highest BCUT2D eigenvalue weighted by Gasteiger charge is 2.43. The minimum atomic E-state index is -4.66. The van der Waals surface area contributed by atoms with E-state index >= 15 is 0 Å². The van der Waals surface area contributed by atoms with E-state index in [9.17, 15) is 21.6 Å². The van der Waals surface area contributed by atoms with E-state index in [2.05, 4.69) is 26.1 Å². The summed E-state index contributed by atoms with van der Waals surface area (Å²) in [7, 11) is 0.823. The molecule has 0 heterocycles. The van der Waals surface area contributed by atoms with Crippen LogP contribution in [0.5, 0.6) is 0 Å². The molecule has 0 aliphatic rings. The first kappa shape index (κ1) is 12.9. The van der Waals surface area contributed by atoms with E-state index in [1.807, 2.05) is 0 Å². The molecule has 0 radical (unpaired) electrons. The molecule has 0 atom stereocenters. The van der Waals surface area contributed by atoms with Crippen molar-refractivity contribution in [3.05, 3.63) is 0 Å². The highest BCUT2D eigenvalue weighted by Crippen LogP contribution is 2.19. The molecule has 0 bridgehead atoms. The molecule has 0 saturated heterocycles. The molecular weight excluding hydrogens is 267 g/mol. The second kappa shape index (κ2) is 3.99. The Morgan fingerprint density at radius 1 is 1.15 bits per heavy atom. The first-order valence-electron chi connectivity index (χ1n) is 2.55. The highest BCUT2D eigenvalue weighted by atomic mass is 35.7. The van der Waals surface area contributed by atoms with Crippen LogP contribution in [0, 0.1) is 0 Å². The van der Waals surface area contributed by atoms with Crippen LogP contribution in [0.4, 0.5) is 0 Å². The molecule has 0 aliphatic carbocycles. The van der Waals surface area contributed by atoms with Gasteiger partial charge in [-0.2, -0.15) is 0 Å². The summed E-state index contributed by atoms with van der Waals surface area (Å²) in [5.74, 6) is -1.55. The zero-order valence-electron chi connectivity index (χ0n) is 6.10. The number of hydrogen-bond donors (Lipinski definition) is 0. The third kappa shape index (κ3) is 3.67. The van der Waals surface area contributed by atoms with Crippen LogP contribution < -0.4 is 0 Å². The number of esters is 1. The number of carbonyl (C=O) groups excluding carboxylic acids is 1.